The van der Waals surface area contributed by atoms with E-state index < -0.39 is 15.9 Å². The molecule has 0 aliphatic carbocycles. The maximum absolute atomic E-state index is 13.3. The number of imidazole rings is 1. The van der Waals surface area contributed by atoms with Gasteiger partial charge in [0.2, 0.25) is 21.8 Å². The lowest BCUT2D eigenvalue weighted by molar-refractivity contribution is -0.122. The van der Waals surface area contributed by atoms with Gasteiger partial charge in [-0.15, -0.1) is 0 Å². The van der Waals surface area contributed by atoms with E-state index in [-0.39, 0.29) is 29.0 Å². The van der Waals surface area contributed by atoms with Crippen LogP contribution in [0.15, 0.2) is 71.6 Å². The Kier molecular flexibility index (Phi) is 7.13. The van der Waals surface area contributed by atoms with E-state index in [1.165, 1.54) is 16.4 Å². The standard InChI is InChI=1S/C31H33N5O4S/c1-20-7-10-25(17-21(20)2)36-19-23(18-29(36)37)31(38)32-24-8-11-26(12-9-24)41(39,40)35-15-13-22(14-16-35)30-33-27-5-3-4-6-28(27)34-30/h3-12,17,22-23H,13-16,18-19H2,1-2H3,(H,32,38)(H,33,34). The number of fused-ring (bicyclic) bond motifs is 1. The summed E-state index contributed by atoms with van der Waals surface area (Å²) < 4.78 is 28.2. The van der Waals surface area contributed by atoms with Crippen molar-refractivity contribution in [2.24, 2.45) is 5.92 Å². The molecule has 2 N–H and O–H groups in total. The molecule has 4 aromatic rings. The highest BCUT2D eigenvalue weighted by atomic mass is 32.2. The number of nitrogens with one attached hydrogen (secondary N) is 2. The Balaban J connectivity index is 1.06. The summed E-state index contributed by atoms with van der Waals surface area (Å²) in [5.41, 5.74) is 5.44. The summed E-state index contributed by atoms with van der Waals surface area (Å²) in [5.74, 6) is 0.261. The van der Waals surface area contributed by atoms with Gasteiger partial charge in [-0.25, -0.2) is 13.4 Å². The maximum atomic E-state index is 13.3. The zero-order valence-corrected chi connectivity index (χ0v) is 23.9. The third-order valence-electron chi connectivity index (χ3n) is 8.31. The van der Waals surface area contributed by atoms with Crippen LogP contribution in [-0.4, -0.2) is 54.1 Å². The van der Waals surface area contributed by atoms with E-state index in [1.54, 1.807) is 17.0 Å². The van der Waals surface area contributed by atoms with E-state index in [0.717, 1.165) is 33.7 Å². The molecule has 2 fully saturated rings. The third-order valence-corrected chi connectivity index (χ3v) is 10.2. The van der Waals surface area contributed by atoms with Crippen LogP contribution in [0, 0.1) is 19.8 Å². The molecule has 3 aromatic carbocycles. The van der Waals surface area contributed by atoms with E-state index in [9.17, 15) is 18.0 Å². The van der Waals surface area contributed by atoms with E-state index in [2.05, 4.69) is 10.3 Å². The van der Waals surface area contributed by atoms with Crippen molar-refractivity contribution >= 4 is 44.2 Å². The predicted molar refractivity (Wildman–Crippen MR) is 158 cm³/mol. The molecule has 10 heteroatoms. The van der Waals surface area contributed by atoms with Gasteiger partial charge in [0.25, 0.3) is 0 Å². The molecule has 0 radical (unpaired) electrons. The highest BCUT2D eigenvalue weighted by Crippen LogP contribution is 2.31. The van der Waals surface area contributed by atoms with Crippen molar-refractivity contribution in [1.29, 1.82) is 0 Å². The molecule has 9 nitrogen and oxygen atoms in total. The van der Waals surface area contributed by atoms with Crippen LogP contribution in [0.25, 0.3) is 11.0 Å². The molecular weight excluding hydrogens is 538 g/mol. The first-order valence-corrected chi connectivity index (χ1v) is 15.4. The van der Waals surface area contributed by atoms with Crippen LogP contribution >= 0.6 is 0 Å². The normalized spacial score (nSPS) is 18.7. The van der Waals surface area contributed by atoms with Gasteiger partial charge < -0.3 is 15.2 Å². The smallest absolute Gasteiger partial charge is 0.243 e. The average Bonchev–Trinajstić information content (AvgIpc) is 3.59. The lowest BCUT2D eigenvalue weighted by Gasteiger charge is -2.30. The molecule has 1 aromatic heterocycles. The van der Waals surface area contributed by atoms with Crippen LogP contribution in [0.3, 0.4) is 0 Å². The minimum absolute atomic E-state index is 0.0843. The van der Waals surface area contributed by atoms with Crippen LogP contribution in [0.1, 0.15) is 42.1 Å². The molecule has 1 atom stereocenters. The Bertz CT molecular complexity index is 1690. The fourth-order valence-corrected chi connectivity index (χ4v) is 7.14. The Labute approximate surface area is 239 Å². The molecule has 212 valence electrons. The summed E-state index contributed by atoms with van der Waals surface area (Å²) in [4.78, 5) is 35.5. The Morgan fingerprint density at radius 2 is 1.71 bits per heavy atom. The summed E-state index contributed by atoms with van der Waals surface area (Å²) in [6.45, 7) is 5.15. The van der Waals surface area contributed by atoms with Gasteiger partial charge in [0.1, 0.15) is 5.82 Å². The van der Waals surface area contributed by atoms with Gasteiger partial charge in [-0.1, -0.05) is 18.2 Å². The summed E-state index contributed by atoms with van der Waals surface area (Å²) in [5, 5.41) is 2.85. The summed E-state index contributed by atoms with van der Waals surface area (Å²) in [6, 6.07) is 20.0. The van der Waals surface area contributed by atoms with Crippen molar-refractivity contribution in [2.45, 2.75) is 43.9 Å². The molecule has 3 heterocycles. The quantitative estimate of drug-likeness (QED) is 0.347. The first-order valence-electron chi connectivity index (χ1n) is 13.9. The van der Waals surface area contributed by atoms with Crippen molar-refractivity contribution in [2.75, 3.05) is 29.9 Å². The number of anilines is 2. The van der Waals surface area contributed by atoms with Crippen molar-refractivity contribution in [1.82, 2.24) is 14.3 Å². The van der Waals surface area contributed by atoms with Crippen LogP contribution in [0.2, 0.25) is 0 Å². The maximum Gasteiger partial charge on any atom is 0.243 e. The van der Waals surface area contributed by atoms with Crippen molar-refractivity contribution in [3.63, 3.8) is 0 Å². The van der Waals surface area contributed by atoms with E-state index >= 15 is 0 Å². The number of hydrogen-bond acceptors (Lipinski definition) is 5. The summed E-state index contributed by atoms with van der Waals surface area (Å²) >= 11 is 0. The molecule has 2 aliphatic rings. The number of rotatable bonds is 6. The first-order chi connectivity index (χ1) is 19.7. The molecule has 2 aliphatic heterocycles. The highest BCUT2D eigenvalue weighted by molar-refractivity contribution is 7.89. The number of sulfonamides is 1. The number of benzene rings is 3. The molecule has 0 spiro atoms. The second kappa shape index (κ2) is 10.8. The van der Waals surface area contributed by atoms with Crippen molar-refractivity contribution in [3.05, 3.63) is 83.7 Å². The Morgan fingerprint density at radius 3 is 2.41 bits per heavy atom. The number of hydrogen-bond donors (Lipinski definition) is 2. The van der Waals surface area contributed by atoms with Crippen LogP contribution < -0.4 is 10.2 Å². The van der Waals surface area contributed by atoms with Gasteiger partial charge in [0.15, 0.2) is 0 Å². The number of H-pyrrole nitrogens is 1. The minimum Gasteiger partial charge on any atom is -0.342 e. The van der Waals surface area contributed by atoms with Crippen molar-refractivity contribution in [3.8, 4) is 0 Å². The number of para-hydroxylation sites is 2. The van der Waals surface area contributed by atoms with Gasteiger partial charge in [-0.05, 0) is 86.3 Å². The second-order valence-corrected chi connectivity index (χ2v) is 12.9. The molecule has 1 unspecified atom stereocenters. The SMILES string of the molecule is Cc1ccc(N2CC(C(=O)Nc3ccc(S(=O)(=O)N4CCC(c5nc6ccccc6[nH]5)CC4)cc3)CC2=O)cc1C. The lowest BCUT2D eigenvalue weighted by Crippen LogP contribution is -2.38. The van der Waals surface area contributed by atoms with E-state index in [0.29, 0.717) is 38.2 Å². The largest absolute Gasteiger partial charge is 0.342 e. The van der Waals surface area contributed by atoms with Crippen LogP contribution in [-0.2, 0) is 19.6 Å². The van der Waals surface area contributed by atoms with Gasteiger partial charge in [0.05, 0.1) is 21.8 Å². The topological polar surface area (TPSA) is 115 Å². The van der Waals surface area contributed by atoms with Crippen LogP contribution in [0.4, 0.5) is 11.4 Å². The van der Waals surface area contributed by atoms with E-state index in [4.69, 9.17) is 4.98 Å². The van der Waals surface area contributed by atoms with Gasteiger partial charge in [0, 0.05) is 43.3 Å². The number of aromatic amines is 1. The zero-order chi connectivity index (χ0) is 28.7. The Hall–Kier alpha value is -4.02. The number of aromatic nitrogens is 2. The number of piperidine rings is 1. The first kappa shape index (κ1) is 27.2. The van der Waals surface area contributed by atoms with Gasteiger partial charge >= 0.3 is 0 Å². The predicted octanol–water partition coefficient (Wildman–Crippen LogP) is 4.74. The van der Waals surface area contributed by atoms with Gasteiger partial charge in [-0.2, -0.15) is 4.31 Å². The fraction of sp³-hybridized carbons (Fsp3) is 0.323. The molecule has 2 saturated heterocycles. The van der Waals surface area contributed by atoms with Crippen LogP contribution in [0.5, 0.6) is 0 Å². The molecule has 6 rings (SSSR count). The highest BCUT2D eigenvalue weighted by Gasteiger charge is 2.35. The number of carbonyl (C=O) groups is 2. The molecule has 2 amide bonds. The number of nitrogens with zero attached hydrogens (tertiary/aromatic N) is 3. The number of carbonyl (C=O) groups excluding carboxylic acids is 2. The van der Waals surface area contributed by atoms with E-state index in [1.807, 2.05) is 56.3 Å². The molecule has 0 bridgehead atoms. The third kappa shape index (κ3) is 5.37. The van der Waals surface area contributed by atoms with Crippen molar-refractivity contribution < 1.29 is 18.0 Å². The molecular formula is C31H33N5O4S. The number of aryl methyl sites for hydroxylation is 2. The fourth-order valence-electron chi connectivity index (χ4n) is 5.67. The molecule has 0 saturated carbocycles. The number of amides is 2. The molecule has 41 heavy (non-hydrogen) atoms. The Morgan fingerprint density at radius 1 is 0.976 bits per heavy atom. The lowest BCUT2D eigenvalue weighted by atomic mass is 9.97. The summed E-state index contributed by atoms with van der Waals surface area (Å²) in [6.07, 6.45) is 1.51. The zero-order valence-electron chi connectivity index (χ0n) is 23.1. The van der Waals surface area contributed by atoms with Gasteiger partial charge in [-0.3, -0.25) is 9.59 Å². The second-order valence-electron chi connectivity index (χ2n) is 11.0. The summed E-state index contributed by atoms with van der Waals surface area (Å²) in [7, 11) is -3.67. The minimum atomic E-state index is -3.67. The average molecular weight is 572 g/mol. The monoisotopic (exact) mass is 571 g/mol.